The predicted octanol–water partition coefficient (Wildman–Crippen LogP) is 4.59. The molecule has 0 fully saturated rings. The van der Waals surface area contributed by atoms with E-state index in [1.54, 1.807) is 12.1 Å². The maximum atomic E-state index is 11.9. The first-order valence-corrected chi connectivity index (χ1v) is 7.04. The highest BCUT2D eigenvalue weighted by molar-refractivity contribution is 5.89. The highest BCUT2D eigenvalue weighted by atomic mass is 16.5. The lowest BCUT2D eigenvalue weighted by Crippen LogP contribution is -2.18. The Bertz CT molecular complexity index is 332. The van der Waals surface area contributed by atoms with Crippen molar-refractivity contribution in [2.24, 2.45) is 0 Å². The molecule has 1 aromatic carbocycles. The van der Waals surface area contributed by atoms with E-state index in [-0.39, 0.29) is 12.1 Å². The van der Waals surface area contributed by atoms with Crippen LogP contribution in [-0.2, 0) is 4.74 Å². The summed E-state index contributed by atoms with van der Waals surface area (Å²) in [5.41, 5.74) is 0.647. The summed E-state index contributed by atoms with van der Waals surface area (Å²) in [5, 5.41) is 0. The van der Waals surface area contributed by atoms with Crippen LogP contribution >= 0.6 is 0 Å². The van der Waals surface area contributed by atoms with E-state index in [2.05, 4.69) is 13.8 Å². The number of esters is 1. The van der Waals surface area contributed by atoms with E-state index in [0.717, 1.165) is 25.7 Å². The van der Waals surface area contributed by atoms with Gasteiger partial charge in [-0.25, -0.2) is 4.79 Å². The summed E-state index contributed by atoms with van der Waals surface area (Å²) in [6.07, 6.45) is 6.63. The average Bonchev–Trinajstić information content (AvgIpc) is 2.40. The third-order valence-electron chi connectivity index (χ3n) is 3.02. The van der Waals surface area contributed by atoms with E-state index in [0.29, 0.717) is 5.56 Å². The zero-order valence-corrected chi connectivity index (χ0v) is 11.5. The number of ether oxygens (including phenoxy) is 1. The van der Waals surface area contributed by atoms with Crippen molar-refractivity contribution in [2.75, 3.05) is 0 Å². The number of hydrogen-bond donors (Lipinski definition) is 0. The van der Waals surface area contributed by atoms with Crippen molar-refractivity contribution in [3.05, 3.63) is 35.9 Å². The zero-order chi connectivity index (χ0) is 13.2. The summed E-state index contributed by atoms with van der Waals surface area (Å²) in [6, 6.07) is 9.24. The molecule has 0 amide bonds. The van der Waals surface area contributed by atoms with Crippen LogP contribution in [0.1, 0.15) is 62.7 Å². The first kappa shape index (κ1) is 14.7. The van der Waals surface area contributed by atoms with Gasteiger partial charge in [0.1, 0.15) is 6.10 Å². The fraction of sp³-hybridized carbons (Fsp3) is 0.562. The molecule has 0 radical (unpaired) electrons. The van der Waals surface area contributed by atoms with Gasteiger partial charge in [-0.15, -0.1) is 0 Å². The lowest BCUT2D eigenvalue weighted by Gasteiger charge is -2.17. The SMILES string of the molecule is CCCCCC(CCC)OC(=O)c1ccccc1. The molecule has 0 aromatic heterocycles. The molecular formula is C16H24O2. The van der Waals surface area contributed by atoms with Gasteiger partial charge in [-0.05, 0) is 31.4 Å². The van der Waals surface area contributed by atoms with E-state index in [9.17, 15) is 4.79 Å². The zero-order valence-electron chi connectivity index (χ0n) is 11.5. The Morgan fingerprint density at radius 2 is 1.78 bits per heavy atom. The first-order chi connectivity index (χ1) is 8.77. The van der Waals surface area contributed by atoms with E-state index < -0.39 is 0 Å². The molecule has 0 aliphatic heterocycles. The van der Waals surface area contributed by atoms with Gasteiger partial charge in [-0.2, -0.15) is 0 Å². The van der Waals surface area contributed by atoms with Crippen LogP contribution in [0, 0.1) is 0 Å². The van der Waals surface area contributed by atoms with Crippen LogP contribution in [-0.4, -0.2) is 12.1 Å². The molecule has 1 rings (SSSR count). The van der Waals surface area contributed by atoms with Gasteiger partial charge in [0, 0.05) is 0 Å². The van der Waals surface area contributed by atoms with Crippen LogP contribution < -0.4 is 0 Å². The summed E-state index contributed by atoms with van der Waals surface area (Å²) in [6.45, 7) is 4.31. The van der Waals surface area contributed by atoms with Crippen LogP contribution in [0.4, 0.5) is 0 Å². The Kier molecular flexibility index (Phi) is 7.16. The number of carbonyl (C=O) groups excluding carboxylic acids is 1. The molecule has 0 saturated carbocycles. The van der Waals surface area contributed by atoms with Gasteiger partial charge in [0.25, 0.3) is 0 Å². The van der Waals surface area contributed by atoms with Crippen molar-refractivity contribution in [3.8, 4) is 0 Å². The van der Waals surface area contributed by atoms with E-state index in [4.69, 9.17) is 4.74 Å². The molecule has 0 aliphatic rings. The van der Waals surface area contributed by atoms with Crippen LogP contribution in [0.3, 0.4) is 0 Å². The molecule has 0 saturated heterocycles. The number of carbonyl (C=O) groups is 1. The molecule has 1 unspecified atom stereocenters. The number of benzene rings is 1. The minimum absolute atomic E-state index is 0.0780. The molecule has 1 atom stereocenters. The minimum Gasteiger partial charge on any atom is -0.459 e. The van der Waals surface area contributed by atoms with Crippen LogP contribution in [0.2, 0.25) is 0 Å². The number of rotatable bonds is 8. The predicted molar refractivity (Wildman–Crippen MR) is 74.7 cm³/mol. The molecule has 0 spiro atoms. The molecule has 18 heavy (non-hydrogen) atoms. The van der Waals surface area contributed by atoms with Gasteiger partial charge < -0.3 is 4.74 Å². The summed E-state index contributed by atoms with van der Waals surface area (Å²) in [4.78, 5) is 11.9. The topological polar surface area (TPSA) is 26.3 Å². The van der Waals surface area contributed by atoms with Crippen LogP contribution in [0.15, 0.2) is 30.3 Å². The van der Waals surface area contributed by atoms with Crippen molar-refractivity contribution in [1.29, 1.82) is 0 Å². The second kappa shape index (κ2) is 8.73. The van der Waals surface area contributed by atoms with Crippen LogP contribution in [0.5, 0.6) is 0 Å². The van der Waals surface area contributed by atoms with Crippen molar-refractivity contribution < 1.29 is 9.53 Å². The quantitative estimate of drug-likeness (QED) is 0.496. The Morgan fingerprint density at radius 1 is 1.06 bits per heavy atom. The molecule has 2 heteroatoms. The normalized spacial score (nSPS) is 12.1. The van der Waals surface area contributed by atoms with Crippen molar-refractivity contribution in [1.82, 2.24) is 0 Å². The largest absolute Gasteiger partial charge is 0.459 e. The Labute approximate surface area is 110 Å². The van der Waals surface area contributed by atoms with Gasteiger partial charge in [0.15, 0.2) is 0 Å². The van der Waals surface area contributed by atoms with Crippen LogP contribution in [0.25, 0.3) is 0 Å². The Hall–Kier alpha value is -1.31. The number of unbranched alkanes of at least 4 members (excludes halogenated alkanes) is 2. The van der Waals surface area contributed by atoms with Gasteiger partial charge in [-0.1, -0.05) is 51.3 Å². The molecule has 0 heterocycles. The lowest BCUT2D eigenvalue weighted by atomic mass is 10.1. The van der Waals surface area contributed by atoms with Gasteiger partial charge in [0.05, 0.1) is 5.56 Å². The molecule has 2 nitrogen and oxygen atoms in total. The summed E-state index contributed by atoms with van der Waals surface area (Å²) < 4.78 is 5.58. The fourth-order valence-corrected chi connectivity index (χ4v) is 2.00. The molecule has 0 bridgehead atoms. The van der Waals surface area contributed by atoms with Crippen molar-refractivity contribution >= 4 is 5.97 Å². The summed E-state index contributed by atoms with van der Waals surface area (Å²) >= 11 is 0. The van der Waals surface area contributed by atoms with E-state index in [1.165, 1.54) is 12.8 Å². The van der Waals surface area contributed by atoms with E-state index in [1.807, 2.05) is 18.2 Å². The highest BCUT2D eigenvalue weighted by Crippen LogP contribution is 2.14. The average molecular weight is 248 g/mol. The maximum Gasteiger partial charge on any atom is 0.338 e. The van der Waals surface area contributed by atoms with Crippen molar-refractivity contribution in [2.45, 2.75) is 58.5 Å². The Balaban J connectivity index is 2.47. The molecule has 1 aromatic rings. The lowest BCUT2D eigenvalue weighted by molar-refractivity contribution is 0.0254. The van der Waals surface area contributed by atoms with Gasteiger partial charge >= 0.3 is 5.97 Å². The molecule has 100 valence electrons. The molecular weight excluding hydrogens is 224 g/mol. The number of hydrogen-bond acceptors (Lipinski definition) is 2. The second-order valence-electron chi connectivity index (χ2n) is 4.68. The van der Waals surface area contributed by atoms with E-state index >= 15 is 0 Å². The monoisotopic (exact) mass is 248 g/mol. The Morgan fingerprint density at radius 3 is 2.39 bits per heavy atom. The summed E-state index contributed by atoms with van der Waals surface area (Å²) in [5.74, 6) is -0.189. The highest BCUT2D eigenvalue weighted by Gasteiger charge is 2.14. The second-order valence-corrected chi connectivity index (χ2v) is 4.68. The molecule has 0 aliphatic carbocycles. The van der Waals surface area contributed by atoms with Gasteiger partial charge in [-0.3, -0.25) is 0 Å². The van der Waals surface area contributed by atoms with Crippen molar-refractivity contribution in [3.63, 3.8) is 0 Å². The molecule has 0 N–H and O–H groups in total. The minimum atomic E-state index is -0.189. The third-order valence-corrected chi connectivity index (χ3v) is 3.02. The summed E-state index contributed by atoms with van der Waals surface area (Å²) in [7, 11) is 0. The third kappa shape index (κ3) is 5.35. The fourth-order valence-electron chi connectivity index (χ4n) is 2.00. The smallest absolute Gasteiger partial charge is 0.338 e. The first-order valence-electron chi connectivity index (χ1n) is 7.04. The van der Waals surface area contributed by atoms with Gasteiger partial charge in [0.2, 0.25) is 0 Å². The maximum absolute atomic E-state index is 11.9. The standard InChI is InChI=1S/C16H24O2/c1-3-5-7-13-15(10-4-2)18-16(17)14-11-8-6-9-12-14/h6,8-9,11-12,15H,3-5,7,10,13H2,1-2H3.